The van der Waals surface area contributed by atoms with E-state index in [0.717, 1.165) is 56.1 Å². The highest BCUT2D eigenvalue weighted by molar-refractivity contribution is 6.00. The number of hydrogen-bond acceptors (Lipinski definition) is 3. The van der Waals surface area contributed by atoms with E-state index in [1.54, 1.807) is 0 Å². The number of ketones is 3. The molecule has 1 aromatic carbocycles. The molecule has 3 heteroatoms. The Morgan fingerprint density at radius 3 is 2.55 bits per heavy atom. The molecule has 0 N–H and O–H groups in total. The minimum Gasteiger partial charge on any atom is -0.300 e. The molecule has 3 atom stereocenters. The van der Waals surface area contributed by atoms with Crippen molar-refractivity contribution in [1.29, 1.82) is 0 Å². The van der Waals surface area contributed by atoms with Crippen molar-refractivity contribution in [3.05, 3.63) is 46.5 Å². The van der Waals surface area contributed by atoms with E-state index in [0.29, 0.717) is 6.42 Å². The molecule has 0 fully saturated rings. The quantitative estimate of drug-likeness (QED) is 0.279. The molecule has 3 unspecified atom stereocenters. The third kappa shape index (κ3) is 6.72. The summed E-state index contributed by atoms with van der Waals surface area (Å²) >= 11 is 0. The fraction of sp³-hybridized carbons (Fsp3) is 0.607. The van der Waals surface area contributed by atoms with Gasteiger partial charge in [0, 0.05) is 17.9 Å². The molecule has 1 aliphatic carbocycles. The van der Waals surface area contributed by atoms with Crippen LogP contribution in [0.5, 0.6) is 0 Å². The van der Waals surface area contributed by atoms with Crippen LogP contribution in [0.1, 0.15) is 99.7 Å². The minimum absolute atomic E-state index is 0.0420. The molecule has 0 aliphatic heterocycles. The predicted molar refractivity (Wildman–Crippen MR) is 128 cm³/mol. The summed E-state index contributed by atoms with van der Waals surface area (Å²) < 4.78 is 0. The maximum Gasteiger partial charge on any atom is 0.163 e. The zero-order valence-electron chi connectivity index (χ0n) is 20.1. The normalized spacial score (nSPS) is 18.1. The van der Waals surface area contributed by atoms with Gasteiger partial charge in [-0.3, -0.25) is 14.4 Å². The van der Waals surface area contributed by atoms with Crippen LogP contribution in [0.3, 0.4) is 0 Å². The molecule has 0 bridgehead atoms. The average Bonchev–Trinajstić information content (AvgIpc) is 2.69. The van der Waals surface area contributed by atoms with Gasteiger partial charge in [0.25, 0.3) is 0 Å². The summed E-state index contributed by atoms with van der Waals surface area (Å²) in [6.45, 7) is 9.81. The van der Waals surface area contributed by atoms with Gasteiger partial charge in [-0.15, -0.1) is 0 Å². The molecule has 31 heavy (non-hydrogen) atoms. The van der Waals surface area contributed by atoms with Gasteiger partial charge in [0.1, 0.15) is 11.6 Å². The van der Waals surface area contributed by atoms with Gasteiger partial charge in [0.15, 0.2) is 5.78 Å². The maximum atomic E-state index is 13.1. The SMILES string of the molecule is C/C=C\CCc1ccc2c(c1C)C(=O)CC(CC(CCC)C(CC)C(=O)CC(C)=O)C2. The lowest BCUT2D eigenvalue weighted by atomic mass is 9.72. The lowest BCUT2D eigenvalue weighted by molar-refractivity contribution is -0.129. The van der Waals surface area contributed by atoms with Crippen LogP contribution in [0.25, 0.3) is 0 Å². The van der Waals surface area contributed by atoms with Crippen LogP contribution in [0.15, 0.2) is 24.3 Å². The zero-order chi connectivity index (χ0) is 23.0. The lowest BCUT2D eigenvalue weighted by Crippen LogP contribution is -2.30. The summed E-state index contributed by atoms with van der Waals surface area (Å²) in [5.41, 5.74) is 4.54. The van der Waals surface area contributed by atoms with E-state index in [9.17, 15) is 14.4 Å². The molecule has 0 saturated heterocycles. The third-order valence-electron chi connectivity index (χ3n) is 6.88. The Hall–Kier alpha value is -2.03. The Morgan fingerprint density at radius 2 is 1.94 bits per heavy atom. The maximum absolute atomic E-state index is 13.1. The Morgan fingerprint density at radius 1 is 1.19 bits per heavy atom. The molecule has 3 nitrogen and oxygen atoms in total. The molecule has 0 heterocycles. The van der Waals surface area contributed by atoms with Gasteiger partial charge >= 0.3 is 0 Å². The minimum atomic E-state index is -0.0731. The van der Waals surface area contributed by atoms with Crippen LogP contribution in [0.4, 0.5) is 0 Å². The van der Waals surface area contributed by atoms with Crippen molar-refractivity contribution < 1.29 is 14.4 Å². The molecule has 0 radical (unpaired) electrons. The van der Waals surface area contributed by atoms with Gasteiger partial charge in [-0.25, -0.2) is 0 Å². The summed E-state index contributed by atoms with van der Waals surface area (Å²) in [7, 11) is 0. The lowest BCUT2D eigenvalue weighted by Gasteiger charge is -2.32. The molecular formula is C28H40O3. The van der Waals surface area contributed by atoms with Crippen LogP contribution in [-0.4, -0.2) is 17.3 Å². The largest absolute Gasteiger partial charge is 0.300 e. The number of fused-ring (bicyclic) bond motifs is 1. The third-order valence-corrected chi connectivity index (χ3v) is 6.88. The van der Waals surface area contributed by atoms with E-state index in [-0.39, 0.29) is 41.5 Å². The predicted octanol–water partition coefficient (Wildman–Crippen LogP) is 6.63. The van der Waals surface area contributed by atoms with E-state index >= 15 is 0 Å². The van der Waals surface area contributed by atoms with E-state index < -0.39 is 0 Å². The van der Waals surface area contributed by atoms with Crippen molar-refractivity contribution in [3.63, 3.8) is 0 Å². The molecule has 1 aliphatic rings. The number of Topliss-reactive ketones (excluding diaryl/α,β-unsaturated/α-hetero) is 3. The van der Waals surface area contributed by atoms with E-state index in [1.807, 2.05) is 13.8 Å². The second-order valence-electron chi connectivity index (χ2n) is 9.33. The van der Waals surface area contributed by atoms with Crippen LogP contribution in [0.2, 0.25) is 0 Å². The Kier molecular flexibility index (Phi) is 9.87. The monoisotopic (exact) mass is 424 g/mol. The van der Waals surface area contributed by atoms with Gasteiger partial charge in [-0.1, -0.05) is 51.0 Å². The number of hydrogen-bond donors (Lipinski definition) is 0. The van der Waals surface area contributed by atoms with Gasteiger partial charge < -0.3 is 0 Å². The fourth-order valence-corrected chi connectivity index (χ4v) is 5.44. The van der Waals surface area contributed by atoms with Crippen LogP contribution < -0.4 is 0 Å². The van der Waals surface area contributed by atoms with Gasteiger partial charge in [-0.2, -0.15) is 0 Å². The second-order valence-corrected chi connectivity index (χ2v) is 9.33. The van der Waals surface area contributed by atoms with Gasteiger partial charge in [-0.05, 0) is 81.4 Å². The zero-order valence-corrected chi connectivity index (χ0v) is 20.1. The number of aryl methyl sites for hydroxylation is 1. The highest BCUT2D eigenvalue weighted by atomic mass is 16.1. The number of carbonyl (C=O) groups is 3. The van der Waals surface area contributed by atoms with Gasteiger partial charge in [0.2, 0.25) is 0 Å². The van der Waals surface area contributed by atoms with Crippen molar-refractivity contribution in [2.24, 2.45) is 17.8 Å². The highest BCUT2D eigenvalue weighted by Crippen LogP contribution is 2.37. The first-order chi connectivity index (χ1) is 14.8. The first-order valence-electron chi connectivity index (χ1n) is 12.1. The number of benzene rings is 1. The fourth-order valence-electron chi connectivity index (χ4n) is 5.44. The van der Waals surface area contributed by atoms with Crippen LogP contribution in [0, 0.1) is 24.7 Å². The molecule has 2 rings (SSSR count). The Balaban J connectivity index is 2.18. The van der Waals surface area contributed by atoms with Crippen molar-refractivity contribution >= 4 is 17.3 Å². The molecule has 0 aromatic heterocycles. The number of allylic oxidation sites excluding steroid dienone is 2. The van der Waals surface area contributed by atoms with Crippen LogP contribution >= 0.6 is 0 Å². The Bertz CT molecular complexity index is 818. The van der Waals surface area contributed by atoms with Crippen molar-refractivity contribution in [1.82, 2.24) is 0 Å². The molecule has 1 aromatic rings. The van der Waals surface area contributed by atoms with Crippen LogP contribution in [-0.2, 0) is 22.4 Å². The molecule has 170 valence electrons. The first kappa shape index (κ1) is 25.2. The topological polar surface area (TPSA) is 51.2 Å². The van der Waals surface area contributed by atoms with Crippen molar-refractivity contribution in [3.8, 4) is 0 Å². The average molecular weight is 425 g/mol. The van der Waals surface area contributed by atoms with E-state index in [1.165, 1.54) is 18.1 Å². The van der Waals surface area contributed by atoms with Gasteiger partial charge in [0.05, 0.1) is 6.42 Å². The highest BCUT2D eigenvalue weighted by Gasteiger charge is 2.33. The molecular weight excluding hydrogens is 384 g/mol. The summed E-state index contributed by atoms with van der Waals surface area (Å²) in [5, 5.41) is 0. The molecule has 0 amide bonds. The van der Waals surface area contributed by atoms with E-state index in [2.05, 4.69) is 38.1 Å². The number of carbonyl (C=O) groups excluding carboxylic acids is 3. The molecule has 0 spiro atoms. The summed E-state index contributed by atoms with van der Waals surface area (Å²) in [6, 6.07) is 4.35. The van der Waals surface area contributed by atoms with E-state index in [4.69, 9.17) is 0 Å². The molecule has 0 saturated carbocycles. The summed E-state index contributed by atoms with van der Waals surface area (Å²) in [5.74, 6) is 0.747. The van der Waals surface area contributed by atoms with Crippen molar-refractivity contribution in [2.45, 2.75) is 92.4 Å². The first-order valence-corrected chi connectivity index (χ1v) is 12.1. The Labute approximate surface area is 188 Å². The number of rotatable bonds is 12. The van der Waals surface area contributed by atoms with Crippen molar-refractivity contribution in [2.75, 3.05) is 0 Å². The smallest absolute Gasteiger partial charge is 0.163 e. The summed E-state index contributed by atoms with van der Waals surface area (Å²) in [6.07, 6.45) is 11.4. The second kappa shape index (κ2) is 12.1. The summed E-state index contributed by atoms with van der Waals surface area (Å²) in [4.78, 5) is 37.3. The standard InChI is InChI=1S/C28H40O3/c1-6-9-10-12-22-13-14-24-17-21(18-27(31)28(24)20(22)5)16-23(11-7-2)25(8-3)26(30)15-19(4)29/h6,9,13-14,21,23,25H,7-8,10-12,15-18H2,1-5H3/b9-6-.